The van der Waals surface area contributed by atoms with Gasteiger partial charge in [0.05, 0.1) is 13.2 Å². The summed E-state index contributed by atoms with van der Waals surface area (Å²) < 4.78 is 5.23. The standard InChI is InChI=1S/C21H25NO4/c1-15(17-9-6-10-18(14-17)26-2)13-20(23)22-19(11-12-21(24)25)16-7-4-3-5-8-16/h3-10,14-15,19H,11-13H2,1-2H3,(H,22,23)(H,24,25). The summed E-state index contributed by atoms with van der Waals surface area (Å²) in [5.74, 6) is -0.177. The molecule has 2 aromatic rings. The summed E-state index contributed by atoms with van der Waals surface area (Å²) in [6, 6.07) is 16.8. The molecule has 0 bridgehead atoms. The van der Waals surface area contributed by atoms with Crippen molar-refractivity contribution in [1.29, 1.82) is 0 Å². The van der Waals surface area contributed by atoms with Crippen LogP contribution in [0.4, 0.5) is 0 Å². The Morgan fingerprint density at radius 1 is 1.08 bits per heavy atom. The number of benzene rings is 2. The third-order valence-electron chi connectivity index (χ3n) is 4.34. The molecule has 0 aromatic heterocycles. The molecule has 0 aliphatic rings. The van der Waals surface area contributed by atoms with E-state index in [0.29, 0.717) is 12.8 Å². The molecule has 0 aliphatic heterocycles. The lowest BCUT2D eigenvalue weighted by Gasteiger charge is -2.20. The predicted molar refractivity (Wildman–Crippen MR) is 100 cm³/mol. The Morgan fingerprint density at radius 2 is 1.77 bits per heavy atom. The van der Waals surface area contributed by atoms with Crippen LogP contribution in [-0.2, 0) is 9.59 Å². The summed E-state index contributed by atoms with van der Waals surface area (Å²) in [5.41, 5.74) is 1.94. The third kappa shape index (κ3) is 5.92. The van der Waals surface area contributed by atoms with Gasteiger partial charge in [-0.25, -0.2) is 0 Å². The summed E-state index contributed by atoms with van der Waals surface area (Å²) in [6.45, 7) is 1.99. The molecule has 0 spiro atoms. The van der Waals surface area contributed by atoms with E-state index < -0.39 is 5.97 Å². The zero-order valence-corrected chi connectivity index (χ0v) is 15.1. The monoisotopic (exact) mass is 355 g/mol. The highest BCUT2D eigenvalue weighted by atomic mass is 16.5. The second kappa shape index (κ2) is 9.61. The molecule has 2 N–H and O–H groups in total. The van der Waals surface area contributed by atoms with Crippen LogP contribution in [-0.4, -0.2) is 24.1 Å². The van der Waals surface area contributed by atoms with E-state index in [1.807, 2.05) is 61.5 Å². The van der Waals surface area contributed by atoms with Crippen molar-refractivity contribution in [2.75, 3.05) is 7.11 Å². The van der Waals surface area contributed by atoms with Crippen LogP contribution in [0.1, 0.15) is 49.3 Å². The minimum atomic E-state index is -0.870. The molecule has 2 atom stereocenters. The van der Waals surface area contributed by atoms with Crippen LogP contribution >= 0.6 is 0 Å². The first-order chi connectivity index (χ1) is 12.5. The molecule has 0 saturated carbocycles. The summed E-state index contributed by atoms with van der Waals surface area (Å²) in [6.07, 6.45) is 0.688. The number of amides is 1. The van der Waals surface area contributed by atoms with Gasteiger partial charge in [0.15, 0.2) is 0 Å². The third-order valence-corrected chi connectivity index (χ3v) is 4.34. The minimum Gasteiger partial charge on any atom is -0.497 e. The van der Waals surface area contributed by atoms with Crippen molar-refractivity contribution < 1.29 is 19.4 Å². The van der Waals surface area contributed by atoms with E-state index in [0.717, 1.165) is 16.9 Å². The Kier molecular flexibility index (Phi) is 7.21. The normalized spacial score (nSPS) is 12.8. The first-order valence-electron chi connectivity index (χ1n) is 8.69. The Hall–Kier alpha value is -2.82. The average molecular weight is 355 g/mol. The summed E-state index contributed by atoms with van der Waals surface area (Å²) in [4.78, 5) is 23.4. The minimum absolute atomic E-state index is 0.00524. The molecule has 138 valence electrons. The number of carboxylic acids is 1. The molecule has 2 unspecified atom stereocenters. The molecular formula is C21H25NO4. The zero-order chi connectivity index (χ0) is 18.9. The van der Waals surface area contributed by atoms with Crippen LogP contribution in [0.2, 0.25) is 0 Å². The lowest BCUT2D eigenvalue weighted by atomic mass is 9.96. The van der Waals surface area contributed by atoms with Crippen LogP contribution in [0.5, 0.6) is 5.75 Å². The van der Waals surface area contributed by atoms with E-state index in [1.54, 1.807) is 7.11 Å². The number of carbonyl (C=O) groups is 2. The van der Waals surface area contributed by atoms with Crippen LogP contribution in [0.3, 0.4) is 0 Å². The van der Waals surface area contributed by atoms with Crippen molar-refractivity contribution in [2.24, 2.45) is 0 Å². The van der Waals surface area contributed by atoms with Crippen molar-refractivity contribution >= 4 is 11.9 Å². The molecule has 5 nitrogen and oxygen atoms in total. The maximum Gasteiger partial charge on any atom is 0.303 e. The topological polar surface area (TPSA) is 75.6 Å². The molecule has 0 aliphatic carbocycles. The molecule has 2 aromatic carbocycles. The van der Waals surface area contributed by atoms with Gasteiger partial charge in [0.2, 0.25) is 5.91 Å². The van der Waals surface area contributed by atoms with E-state index in [-0.39, 0.29) is 24.3 Å². The number of nitrogens with one attached hydrogen (secondary N) is 1. The number of aliphatic carboxylic acids is 1. The van der Waals surface area contributed by atoms with Crippen molar-refractivity contribution in [3.05, 3.63) is 65.7 Å². The average Bonchev–Trinajstić information content (AvgIpc) is 2.65. The maximum absolute atomic E-state index is 12.5. The van der Waals surface area contributed by atoms with Gasteiger partial charge in [-0.1, -0.05) is 49.4 Å². The Labute approximate surface area is 154 Å². The van der Waals surface area contributed by atoms with Gasteiger partial charge in [-0.05, 0) is 35.6 Å². The highest BCUT2D eigenvalue weighted by Crippen LogP contribution is 2.24. The van der Waals surface area contributed by atoms with Gasteiger partial charge in [0.25, 0.3) is 0 Å². The zero-order valence-electron chi connectivity index (χ0n) is 15.1. The van der Waals surface area contributed by atoms with Crippen molar-refractivity contribution in [2.45, 2.75) is 38.1 Å². The van der Waals surface area contributed by atoms with Gasteiger partial charge >= 0.3 is 5.97 Å². The lowest BCUT2D eigenvalue weighted by Crippen LogP contribution is -2.29. The molecule has 1 amide bonds. The highest BCUT2D eigenvalue weighted by molar-refractivity contribution is 5.77. The first-order valence-corrected chi connectivity index (χ1v) is 8.69. The van der Waals surface area contributed by atoms with Crippen LogP contribution in [0.15, 0.2) is 54.6 Å². The molecule has 26 heavy (non-hydrogen) atoms. The van der Waals surface area contributed by atoms with Crippen molar-refractivity contribution in [1.82, 2.24) is 5.32 Å². The van der Waals surface area contributed by atoms with E-state index in [1.165, 1.54) is 0 Å². The van der Waals surface area contributed by atoms with Crippen LogP contribution < -0.4 is 10.1 Å². The molecule has 0 radical (unpaired) electrons. The van der Waals surface area contributed by atoms with Gasteiger partial charge in [0.1, 0.15) is 5.75 Å². The number of hydrogen-bond acceptors (Lipinski definition) is 3. The Balaban J connectivity index is 2.02. The first kappa shape index (κ1) is 19.5. The predicted octanol–water partition coefficient (Wildman–Crippen LogP) is 3.91. The molecular weight excluding hydrogens is 330 g/mol. The smallest absolute Gasteiger partial charge is 0.303 e. The SMILES string of the molecule is COc1cccc(C(C)CC(=O)NC(CCC(=O)O)c2ccccc2)c1. The van der Waals surface area contributed by atoms with Gasteiger partial charge in [-0.15, -0.1) is 0 Å². The summed E-state index contributed by atoms with van der Waals surface area (Å²) in [5, 5.41) is 11.9. The summed E-state index contributed by atoms with van der Waals surface area (Å²) in [7, 11) is 1.61. The lowest BCUT2D eigenvalue weighted by molar-refractivity contribution is -0.137. The quantitative estimate of drug-likeness (QED) is 0.715. The van der Waals surface area contributed by atoms with E-state index in [2.05, 4.69) is 5.32 Å². The van der Waals surface area contributed by atoms with Gasteiger partial charge in [-0.3, -0.25) is 9.59 Å². The second-order valence-electron chi connectivity index (χ2n) is 6.34. The maximum atomic E-state index is 12.5. The fourth-order valence-corrected chi connectivity index (χ4v) is 2.87. The number of methoxy groups -OCH3 is 1. The number of carboxylic acid groups (broad SMARTS) is 1. The van der Waals surface area contributed by atoms with Crippen LogP contribution in [0.25, 0.3) is 0 Å². The van der Waals surface area contributed by atoms with Gasteiger partial charge in [-0.2, -0.15) is 0 Å². The van der Waals surface area contributed by atoms with E-state index >= 15 is 0 Å². The number of ether oxygens (including phenoxy) is 1. The Bertz CT molecular complexity index is 730. The largest absolute Gasteiger partial charge is 0.497 e. The molecule has 0 heterocycles. The second-order valence-corrected chi connectivity index (χ2v) is 6.34. The molecule has 5 heteroatoms. The number of carbonyl (C=O) groups excluding carboxylic acids is 1. The van der Waals surface area contributed by atoms with Gasteiger partial charge < -0.3 is 15.2 Å². The van der Waals surface area contributed by atoms with Crippen LogP contribution in [0, 0.1) is 0 Å². The van der Waals surface area contributed by atoms with Crippen molar-refractivity contribution in [3.63, 3.8) is 0 Å². The Morgan fingerprint density at radius 3 is 2.42 bits per heavy atom. The van der Waals surface area contributed by atoms with Crippen molar-refractivity contribution in [3.8, 4) is 5.75 Å². The molecule has 0 saturated heterocycles. The summed E-state index contributed by atoms with van der Waals surface area (Å²) >= 11 is 0. The number of rotatable bonds is 9. The molecule has 0 fully saturated rings. The van der Waals surface area contributed by atoms with Gasteiger partial charge in [0, 0.05) is 12.8 Å². The van der Waals surface area contributed by atoms with E-state index in [9.17, 15) is 9.59 Å². The van der Waals surface area contributed by atoms with E-state index in [4.69, 9.17) is 9.84 Å². The highest BCUT2D eigenvalue weighted by Gasteiger charge is 2.18. The molecule has 2 rings (SSSR count). The fourth-order valence-electron chi connectivity index (χ4n) is 2.87. The number of hydrogen-bond donors (Lipinski definition) is 2. The fraction of sp³-hybridized carbons (Fsp3) is 0.333.